The number of carboxylic acids is 1. The van der Waals surface area contributed by atoms with Crippen molar-refractivity contribution in [1.82, 2.24) is 19.6 Å². The Balaban J connectivity index is 1.48. The van der Waals surface area contributed by atoms with Gasteiger partial charge in [0, 0.05) is 22.2 Å². The molecule has 4 aromatic rings. The molecular formula is C22H21FN4O8. The first-order valence-corrected chi connectivity index (χ1v) is 10.5. The maximum atomic E-state index is 15.0. The molecule has 5 rings (SSSR count). The first-order valence-electron chi connectivity index (χ1n) is 10.5. The van der Waals surface area contributed by atoms with Gasteiger partial charge in [-0.1, -0.05) is 0 Å². The summed E-state index contributed by atoms with van der Waals surface area (Å²) in [4.78, 5) is 18.5. The Labute approximate surface area is 196 Å². The van der Waals surface area contributed by atoms with E-state index in [1.165, 1.54) is 23.1 Å². The van der Waals surface area contributed by atoms with Crippen LogP contribution in [0.5, 0.6) is 17.4 Å². The van der Waals surface area contributed by atoms with Crippen LogP contribution in [0.4, 0.5) is 4.39 Å². The van der Waals surface area contributed by atoms with E-state index in [2.05, 4.69) is 15.1 Å². The molecule has 184 valence electrons. The zero-order valence-electron chi connectivity index (χ0n) is 18.4. The molecule has 0 aliphatic carbocycles. The molecule has 1 aliphatic heterocycles. The van der Waals surface area contributed by atoms with Gasteiger partial charge in [0.1, 0.15) is 35.9 Å². The standard InChI is InChI=1S/C22H21FN4O8/c1-8-5-10-11(26-8)3-4-12(14(10)23)33-20-15-9(2)13(6-27(15)25-7-24-20)34-22-18(30)16(28)17(29)19(35-22)21(31)32/h3-7,16-19,22,26,28-30H,1-2H3,(H,31,32)/t16-,17-,18+,19-,22+/m0/s1. The SMILES string of the molecule is Cc1cc2c(F)c(Oc3ncnn4cc(O[C@@H]5O[C@H](C(=O)O)[C@@H](O)[C@H](O)[C@H]5O)c(C)c34)ccc2[nH]1. The number of aliphatic hydroxyl groups excluding tert-OH is 3. The number of H-pyrrole nitrogens is 1. The highest BCUT2D eigenvalue weighted by atomic mass is 19.1. The van der Waals surface area contributed by atoms with Gasteiger partial charge in [-0.25, -0.2) is 13.7 Å². The molecule has 1 aromatic carbocycles. The number of aromatic amines is 1. The summed E-state index contributed by atoms with van der Waals surface area (Å²) in [6.45, 7) is 3.43. The number of nitrogens with zero attached hydrogens (tertiary/aromatic N) is 3. The Kier molecular flexibility index (Phi) is 5.56. The van der Waals surface area contributed by atoms with E-state index in [1.54, 1.807) is 19.1 Å². The molecular weight excluding hydrogens is 467 g/mol. The Morgan fingerprint density at radius 2 is 1.94 bits per heavy atom. The number of aliphatic carboxylic acids is 1. The molecule has 0 spiro atoms. The minimum Gasteiger partial charge on any atom is -0.479 e. The minimum absolute atomic E-state index is 0.0156. The fraction of sp³-hybridized carbons (Fsp3) is 0.318. The van der Waals surface area contributed by atoms with Gasteiger partial charge < -0.3 is 39.6 Å². The highest BCUT2D eigenvalue weighted by molar-refractivity contribution is 5.83. The van der Waals surface area contributed by atoms with Crippen molar-refractivity contribution >= 4 is 22.4 Å². The van der Waals surface area contributed by atoms with Crippen molar-refractivity contribution in [2.24, 2.45) is 0 Å². The van der Waals surface area contributed by atoms with Crippen molar-refractivity contribution in [3.05, 3.63) is 47.8 Å². The average molecular weight is 488 g/mol. The second kappa shape index (κ2) is 8.46. The van der Waals surface area contributed by atoms with Gasteiger partial charge in [-0.3, -0.25) is 0 Å². The second-order valence-electron chi connectivity index (χ2n) is 8.22. The summed E-state index contributed by atoms with van der Waals surface area (Å²) in [5, 5.41) is 43.8. The molecule has 1 saturated heterocycles. The van der Waals surface area contributed by atoms with Crippen LogP contribution in [-0.2, 0) is 9.53 Å². The van der Waals surface area contributed by atoms with Crippen LogP contribution in [-0.4, -0.2) is 76.7 Å². The zero-order chi connectivity index (χ0) is 25.0. The van der Waals surface area contributed by atoms with Gasteiger partial charge in [-0.15, -0.1) is 0 Å². The van der Waals surface area contributed by atoms with E-state index in [4.69, 9.17) is 14.2 Å². The minimum atomic E-state index is -1.85. The predicted octanol–water partition coefficient (Wildman–Crippen LogP) is 1.03. The lowest BCUT2D eigenvalue weighted by atomic mass is 9.99. The second-order valence-corrected chi connectivity index (χ2v) is 8.22. The van der Waals surface area contributed by atoms with E-state index in [9.17, 15) is 25.2 Å². The first-order chi connectivity index (χ1) is 16.7. The Hall–Kier alpha value is -3.78. The van der Waals surface area contributed by atoms with E-state index in [1.807, 2.05) is 6.92 Å². The van der Waals surface area contributed by atoms with Crippen molar-refractivity contribution in [3.63, 3.8) is 0 Å². The quantitative estimate of drug-likeness (QED) is 0.273. The molecule has 0 amide bonds. The third-order valence-electron chi connectivity index (χ3n) is 5.85. The number of nitrogens with one attached hydrogen (secondary N) is 1. The summed E-state index contributed by atoms with van der Waals surface area (Å²) in [6.07, 6.45) is -6.24. The molecule has 5 atom stereocenters. The lowest BCUT2D eigenvalue weighted by Gasteiger charge is -2.38. The van der Waals surface area contributed by atoms with Gasteiger partial charge in [-0.05, 0) is 32.0 Å². The molecule has 0 saturated carbocycles. The van der Waals surface area contributed by atoms with Crippen LogP contribution in [0.1, 0.15) is 11.3 Å². The number of benzene rings is 1. The molecule has 13 heteroatoms. The number of carbonyl (C=O) groups is 1. The molecule has 12 nitrogen and oxygen atoms in total. The summed E-state index contributed by atoms with van der Waals surface area (Å²) >= 11 is 0. The Morgan fingerprint density at radius 3 is 2.69 bits per heavy atom. The molecule has 3 aromatic heterocycles. The zero-order valence-corrected chi connectivity index (χ0v) is 18.4. The number of aliphatic hydroxyl groups is 3. The van der Waals surface area contributed by atoms with Crippen LogP contribution in [0.3, 0.4) is 0 Å². The topological polar surface area (TPSA) is 172 Å². The van der Waals surface area contributed by atoms with Crippen LogP contribution >= 0.6 is 0 Å². The van der Waals surface area contributed by atoms with Gasteiger partial charge in [0.25, 0.3) is 0 Å². The normalized spacial score (nSPS) is 24.7. The number of carboxylic acid groups (broad SMARTS) is 1. The summed E-state index contributed by atoms with van der Waals surface area (Å²) in [7, 11) is 0. The third-order valence-corrected chi connectivity index (χ3v) is 5.85. The maximum absolute atomic E-state index is 15.0. The molecule has 1 fully saturated rings. The molecule has 0 bridgehead atoms. The molecule has 0 unspecified atom stereocenters. The Morgan fingerprint density at radius 1 is 1.17 bits per heavy atom. The van der Waals surface area contributed by atoms with Crippen molar-refractivity contribution in [3.8, 4) is 17.4 Å². The van der Waals surface area contributed by atoms with Crippen LogP contribution in [0.2, 0.25) is 0 Å². The maximum Gasteiger partial charge on any atom is 0.335 e. The van der Waals surface area contributed by atoms with Gasteiger partial charge >= 0.3 is 5.97 Å². The lowest BCUT2D eigenvalue weighted by Crippen LogP contribution is -2.61. The van der Waals surface area contributed by atoms with E-state index in [0.29, 0.717) is 22.0 Å². The van der Waals surface area contributed by atoms with Gasteiger partial charge in [0.15, 0.2) is 17.7 Å². The fourth-order valence-corrected chi connectivity index (χ4v) is 4.04. The van der Waals surface area contributed by atoms with Gasteiger partial charge in [0.05, 0.1) is 6.20 Å². The van der Waals surface area contributed by atoms with Crippen LogP contribution in [0.25, 0.3) is 16.4 Å². The van der Waals surface area contributed by atoms with Crippen LogP contribution in [0.15, 0.2) is 30.7 Å². The van der Waals surface area contributed by atoms with E-state index < -0.39 is 42.5 Å². The first kappa shape index (κ1) is 23.0. The number of ether oxygens (including phenoxy) is 3. The van der Waals surface area contributed by atoms with Crippen molar-refractivity contribution in [2.45, 2.75) is 44.6 Å². The molecule has 5 N–H and O–H groups in total. The van der Waals surface area contributed by atoms with E-state index in [-0.39, 0.29) is 17.4 Å². The number of fused-ring (bicyclic) bond motifs is 2. The van der Waals surface area contributed by atoms with E-state index in [0.717, 1.165) is 5.69 Å². The largest absolute Gasteiger partial charge is 0.479 e. The van der Waals surface area contributed by atoms with E-state index >= 15 is 4.39 Å². The number of hydrogen-bond acceptors (Lipinski definition) is 9. The van der Waals surface area contributed by atoms with Crippen LogP contribution in [0, 0.1) is 19.7 Å². The third kappa shape index (κ3) is 3.83. The number of hydrogen-bond donors (Lipinski definition) is 5. The Bertz CT molecular complexity index is 1440. The van der Waals surface area contributed by atoms with Crippen molar-refractivity contribution < 1.29 is 43.8 Å². The highest BCUT2D eigenvalue weighted by Gasteiger charge is 2.48. The monoisotopic (exact) mass is 488 g/mol. The summed E-state index contributed by atoms with van der Waals surface area (Å²) in [6, 6.07) is 4.80. The number of aryl methyl sites for hydroxylation is 2. The summed E-state index contributed by atoms with van der Waals surface area (Å²) in [5.41, 5.74) is 2.13. The average Bonchev–Trinajstić information content (AvgIpc) is 3.36. The summed E-state index contributed by atoms with van der Waals surface area (Å²) < 4.78 is 33.0. The molecule has 0 radical (unpaired) electrons. The number of rotatable bonds is 5. The predicted molar refractivity (Wildman–Crippen MR) is 116 cm³/mol. The van der Waals surface area contributed by atoms with Crippen LogP contribution < -0.4 is 9.47 Å². The smallest absolute Gasteiger partial charge is 0.335 e. The van der Waals surface area contributed by atoms with Crippen molar-refractivity contribution in [1.29, 1.82) is 0 Å². The number of halogens is 1. The fourth-order valence-electron chi connectivity index (χ4n) is 4.04. The number of aromatic nitrogens is 4. The van der Waals surface area contributed by atoms with Gasteiger partial charge in [-0.2, -0.15) is 10.1 Å². The molecule has 1 aliphatic rings. The summed E-state index contributed by atoms with van der Waals surface area (Å²) in [5.74, 6) is -2.05. The molecule has 4 heterocycles. The molecule has 35 heavy (non-hydrogen) atoms. The van der Waals surface area contributed by atoms with Crippen molar-refractivity contribution in [2.75, 3.05) is 0 Å². The highest BCUT2D eigenvalue weighted by Crippen LogP contribution is 2.36. The van der Waals surface area contributed by atoms with Gasteiger partial charge in [0.2, 0.25) is 12.2 Å². The lowest BCUT2D eigenvalue weighted by molar-refractivity contribution is -0.271.